The van der Waals surface area contributed by atoms with Crippen LogP contribution in [0.5, 0.6) is 5.75 Å². The van der Waals surface area contributed by atoms with Crippen molar-refractivity contribution in [3.8, 4) is 5.75 Å². The smallest absolute Gasteiger partial charge is 0.262 e. The Labute approximate surface area is 208 Å². The number of carbonyl (C=O) groups excluding carboxylic acids is 2. The number of amides is 2. The first kappa shape index (κ1) is 24.6. The topological polar surface area (TPSA) is 105 Å². The number of carbonyl (C=O) groups is 2. The molecule has 0 saturated heterocycles. The number of sulfonamides is 1. The first-order valence-corrected chi connectivity index (χ1v) is 13.1. The summed E-state index contributed by atoms with van der Waals surface area (Å²) < 4.78 is 31.6. The number of nitrogens with zero attached hydrogens (tertiary/aromatic N) is 1. The van der Waals surface area contributed by atoms with Crippen molar-refractivity contribution >= 4 is 44.8 Å². The van der Waals surface area contributed by atoms with Crippen LogP contribution in [0, 0.1) is 0 Å². The van der Waals surface area contributed by atoms with Gasteiger partial charge in [0.05, 0.1) is 29.2 Å². The van der Waals surface area contributed by atoms with Gasteiger partial charge in [-0.3, -0.25) is 14.3 Å². The summed E-state index contributed by atoms with van der Waals surface area (Å²) in [6, 6.07) is 21.0. The third-order valence-corrected chi connectivity index (χ3v) is 6.30. The summed E-state index contributed by atoms with van der Waals surface area (Å²) in [6.45, 7) is 0.417. The summed E-state index contributed by atoms with van der Waals surface area (Å²) in [5.41, 5.74) is 1.91. The highest BCUT2D eigenvalue weighted by Gasteiger charge is 2.34. The van der Waals surface area contributed by atoms with Gasteiger partial charge in [-0.2, -0.15) is 0 Å². The van der Waals surface area contributed by atoms with Crippen molar-refractivity contribution in [1.29, 1.82) is 0 Å². The van der Waals surface area contributed by atoms with E-state index in [2.05, 4.69) is 10.0 Å². The molecule has 3 aromatic rings. The number of benzene rings is 3. The third-order valence-electron chi connectivity index (χ3n) is 5.38. The highest BCUT2D eigenvalue weighted by atomic mass is 35.5. The van der Waals surface area contributed by atoms with E-state index in [1.165, 1.54) is 23.1 Å². The molecule has 35 heavy (non-hydrogen) atoms. The second kappa shape index (κ2) is 10.4. The number of fused-ring (bicyclic) bond motifs is 1. The second-order valence-electron chi connectivity index (χ2n) is 8.09. The minimum atomic E-state index is -3.60. The van der Waals surface area contributed by atoms with Gasteiger partial charge in [0.15, 0.2) is 6.10 Å². The largest absolute Gasteiger partial charge is 0.477 e. The minimum absolute atomic E-state index is 0.00944. The lowest BCUT2D eigenvalue weighted by atomic mass is 10.1. The number of ether oxygens (including phenoxy) is 1. The molecule has 0 saturated carbocycles. The van der Waals surface area contributed by atoms with Crippen LogP contribution in [0.2, 0.25) is 5.02 Å². The number of hydrogen-bond donors (Lipinski definition) is 2. The van der Waals surface area contributed by atoms with Crippen molar-refractivity contribution in [3.63, 3.8) is 0 Å². The van der Waals surface area contributed by atoms with Crippen LogP contribution in [0.3, 0.4) is 0 Å². The molecular formula is C25H24ClN3O5S. The zero-order valence-corrected chi connectivity index (χ0v) is 20.5. The maximum Gasteiger partial charge on any atom is 0.262 e. The van der Waals surface area contributed by atoms with E-state index in [-0.39, 0.29) is 28.7 Å². The molecule has 2 amide bonds. The second-order valence-corrected chi connectivity index (χ2v) is 10.2. The molecule has 0 aliphatic carbocycles. The zero-order chi connectivity index (χ0) is 25.0. The Balaban J connectivity index is 1.53. The molecule has 3 aromatic carbocycles. The van der Waals surface area contributed by atoms with Gasteiger partial charge < -0.3 is 15.0 Å². The van der Waals surface area contributed by atoms with Gasteiger partial charge in [-0.1, -0.05) is 54.1 Å². The van der Waals surface area contributed by atoms with Crippen LogP contribution in [0.25, 0.3) is 0 Å². The Morgan fingerprint density at radius 1 is 1.06 bits per heavy atom. The van der Waals surface area contributed by atoms with Gasteiger partial charge in [-0.15, -0.1) is 0 Å². The van der Waals surface area contributed by atoms with E-state index in [1.807, 2.05) is 30.3 Å². The van der Waals surface area contributed by atoms with Gasteiger partial charge in [0.1, 0.15) is 5.75 Å². The SMILES string of the molecule is CS(=O)(=O)Nc1cc(C(=O)N2C[C@H](C(=O)NCCc3ccccc3)Oc3ccccc32)ccc1Cl. The van der Waals surface area contributed by atoms with Crippen molar-refractivity contribution in [2.45, 2.75) is 12.5 Å². The van der Waals surface area contributed by atoms with Gasteiger partial charge in [0, 0.05) is 12.1 Å². The molecule has 1 atom stereocenters. The summed E-state index contributed by atoms with van der Waals surface area (Å²) in [6.07, 6.45) is 0.752. The van der Waals surface area contributed by atoms with E-state index in [9.17, 15) is 18.0 Å². The number of para-hydroxylation sites is 2. The summed E-state index contributed by atoms with van der Waals surface area (Å²) in [5, 5.41) is 3.03. The van der Waals surface area contributed by atoms with Crippen LogP contribution >= 0.6 is 11.6 Å². The Morgan fingerprint density at radius 3 is 2.51 bits per heavy atom. The van der Waals surface area contributed by atoms with E-state index in [0.29, 0.717) is 24.4 Å². The maximum atomic E-state index is 13.5. The fourth-order valence-corrected chi connectivity index (χ4v) is 4.53. The van der Waals surface area contributed by atoms with Crippen molar-refractivity contribution in [1.82, 2.24) is 5.32 Å². The molecule has 8 nitrogen and oxygen atoms in total. The highest BCUT2D eigenvalue weighted by molar-refractivity contribution is 7.92. The molecule has 1 heterocycles. The predicted molar refractivity (Wildman–Crippen MR) is 136 cm³/mol. The van der Waals surface area contributed by atoms with Crippen LogP contribution in [0.1, 0.15) is 15.9 Å². The van der Waals surface area contributed by atoms with Crippen molar-refractivity contribution in [3.05, 3.63) is 88.9 Å². The molecule has 0 unspecified atom stereocenters. The third kappa shape index (κ3) is 6.12. The molecule has 1 aliphatic rings. The van der Waals surface area contributed by atoms with Crippen LogP contribution in [0.4, 0.5) is 11.4 Å². The molecule has 182 valence electrons. The van der Waals surface area contributed by atoms with E-state index >= 15 is 0 Å². The maximum absolute atomic E-state index is 13.5. The van der Waals surface area contributed by atoms with Crippen molar-refractivity contribution < 1.29 is 22.7 Å². The van der Waals surface area contributed by atoms with Crippen molar-refractivity contribution in [2.75, 3.05) is 29.0 Å². The molecule has 1 aliphatic heterocycles. The van der Waals surface area contributed by atoms with Crippen LogP contribution in [-0.4, -0.2) is 45.7 Å². The van der Waals surface area contributed by atoms with Crippen LogP contribution in [-0.2, 0) is 21.2 Å². The number of anilines is 2. The molecule has 0 bridgehead atoms. The minimum Gasteiger partial charge on any atom is -0.477 e. The van der Waals surface area contributed by atoms with E-state index < -0.39 is 22.0 Å². The normalized spacial score (nSPS) is 15.0. The standard InChI is InChI=1S/C25H24ClN3O5S/c1-35(32,33)28-20-15-18(11-12-19(20)26)25(31)29-16-23(34-22-10-6-5-9-21(22)29)24(30)27-14-13-17-7-3-2-4-8-17/h2-12,15,23,28H,13-14,16H2,1H3,(H,27,30)/t23-/m1/s1. The van der Waals surface area contributed by atoms with Gasteiger partial charge >= 0.3 is 0 Å². The summed E-state index contributed by atoms with van der Waals surface area (Å²) in [5.74, 6) is -0.349. The first-order chi connectivity index (χ1) is 16.7. The average molecular weight is 514 g/mol. The van der Waals surface area contributed by atoms with Gasteiger partial charge in [0.2, 0.25) is 10.0 Å². The number of hydrogen-bond acceptors (Lipinski definition) is 5. The molecule has 0 fully saturated rings. The van der Waals surface area contributed by atoms with E-state index in [0.717, 1.165) is 11.8 Å². The first-order valence-electron chi connectivity index (χ1n) is 10.9. The molecule has 10 heteroatoms. The molecule has 4 rings (SSSR count). The van der Waals surface area contributed by atoms with Crippen LogP contribution in [0.15, 0.2) is 72.8 Å². The molecule has 0 spiro atoms. The molecule has 0 aromatic heterocycles. The Bertz CT molecular complexity index is 1350. The number of nitrogens with one attached hydrogen (secondary N) is 2. The van der Waals surface area contributed by atoms with Gasteiger partial charge in [-0.05, 0) is 42.3 Å². The molecule has 2 N–H and O–H groups in total. The highest BCUT2D eigenvalue weighted by Crippen LogP contribution is 2.35. The zero-order valence-electron chi connectivity index (χ0n) is 18.9. The molecular weight excluding hydrogens is 490 g/mol. The Hall–Kier alpha value is -3.56. The number of halogens is 1. The fourth-order valence-electron chi connectivity index (χ4n) is 3.74. The van der Waals surface area contributed by atoms with Crippen molar-refractivity contribution in [2.24, 2.45) is 0 Å². The monoisotopic (exact) mass is 513 g/mol. The lowest BCUT2D eigenvalue weighted by molar-refractivity contribution is -0.127. The lowest BCUT2D eigenvalue weighted by Gasteiger charge is -2.34. The predicted octanol–water partition coefficient (Wildman–Crippen LogP) is 3.48. The average Bonchev–Trinajstić information content (AvgIpc) is 2.84. The van der Waals surface area contributed by atoms with Gasteiger partial charge in [0.25, 0.3) is 11.8 Å². The molecule has 0 radical (unpaired) electrons. The van der Waals surface area contributed by atoms with Gasteiger partial charge in [-0.25, -0.2) is 8.42 Å². The summed E-state index contributed by atoms with van der Waals surface area (Å²) in [7, 11) is -3.60. The lowest BCUT2D eigenvalue weighted by Crippen LogP contribution is -2.51. The van der Waals surface area contributed by atoms with Crippen LogP contribution < -0.4 is 19.7 Å². The van der Waals surface area contributed by atoms with E-state index in [4.69, 9.17) is 16.3 Å². The Kier molecular flexibility index (Phi) is 7.28. The summed E-state index contributed by atoms with van der Waals surface area (Å²) in [4.78, 5) is 27.8. The summed E-state index contributed by atoms with van der Waals surface area (Å²) >= 11 is 6.11. The number of rotatable bonds is 7. The fraction of sp³-hybridized carbons (Fsp3) is 0.200. The quantitative estimate of drug-likeness (QED) is 0.503. The van der Waals surface area contributed by atoms with E-state index in [1.54, 1.807) is 24.3 Å². The Morgan fingerprint density at radius 2 is 1.77 bits per heavy atom.